The molecule has 0 bridgehead atoms. The van der Waals surface area contributed by atoms with Crippen LogP contribution < -0.4 is 4.72 Å². The van der Waals surface area contributed by atoms with Crippen LogP contribution in [-0.4, -0.2) is 38.5 Å². The van der Waals surface area contributed by atoms with Crippen molar-refractivity contribution >= 4 is 10.2 Å². The molecular weight excluding hydrogens is 252 g/mol. The maximum atomic E-state index is 11.8. The van der Waals surface area contributed by atoms with Crippen LogP contribution in [0.25, 0.3) is 0 Å². The molecule has 0 aliphatic rings. The Morgan fingerprint density at radius 3 is 2.39 bits per heavy atom. The highest BCUT2D eigenvalue weighted by atomic mass is 32.2. The lowest BCUT2D eigenvalue weighted by atomic mass is 10.0. The van der Waals surface area contributed by atoms with Crippen LogP contribution in [0.5, 0.6) is 0 Å². The first-order valence-corrected chi connectivity index (χ1v) is 7.27. The van der Waals surface area contributed by atoms with E-state index in [4.69, 9.17) is 5.11 Å². The maximum absolute atomic E-state index is 11.8. The number of benzene rings is 1. The average molecular weight is 272 g/mol. The molecule has 0 aliphatic heterocycles. The van der Waals surface area contributed by atoms with Gasteiger partial charge in [0.15, 0.2) is 0 Å². The van der Waals surface area contributed by atoms with Gasteiger partial charge < -0.3 is 5.11 Å². The summed E-state index contributed by atoms with van der Waals surface area (Å²) >= 11 is 0. The summed E-state index contributed by atoms with van der Waals surface area (Å²) in [7, 11) is -0.509. The van der Waals surface area contributed by atoms with E-state index in [0.29, 0.717) is 12.8 Å². The Bertz CT molecular complexity index is 446. The highest BCUT2D eigenvalue weighted by Gasteiger charge is 2.20. The molecule has 1 rings (SSSR count). The number of aliphatic hydroxyl groups excluding tert-OH is 1. The van der Waals surface area contributed by atoms with Crippen molar-refractivity contribution in [3.8, 4) is 0 Å². The van der Waals surface area contributed by atoms with E-state index in [1.54, 1.807) is 0 Å². The lowest BCUT2D eigenvalue weighted by Gasteiger charge is -2.21. The van der Waals surface area contributed by atoms with E-state index >= 15 is 0 Å². The topological polar surface area (TPSA) is 69.6 Å². The second-order valence-electron chi connectivity index (χ2n) is 4.23. The van der Waals surface area contributed by atoms with E-state index in [1.165, 1.54) is 14.1 Å². The molecule has 6 heteroatoms. The predicted octanol–water partition coefficient (Wildman–Crippen LogP) is 0.896. The van der Waals surface area contributed by atoms with Crippen molar-refractivity contribution in [2.75, 3.05) is 20.7 Å². The van der Waals surface area contributed by atoms with Gasteiger partial charge in [-0.3, -0.25) is 0 Å². The second-order valence-corrected chi connectivity index (χ2v) is 6.15. The van der Waals surface area contributed by atoms with Crippen molar-refractivity contribution in [1.29, 1.82) is 0 Å². The fourth-order valence-corrected chi connectivity index (χ4v) is 2.38. The van der Waals surface area contributed by atoms with Gasteiger partial charge in [0.05, 0.1) is 0 Å². The zero-order valence-electron chi connectivity index (χ0n) is 10.7. The molecule has 1 atom stereocenters. The Hall–Kier alpha value is -0.950. The Morgan fingerprint density at radius 1 is 1.28 bits per heavy atom. The Labute approximate surface area is 109 Å². The minimum Gasteiger partial charge on any atom is -0.396 e. The molecule has 2 N–H and O–H groups in total. The van der Waals surface area contributed by atoms with Crippen LogP contribution in [0.1, 0.15) is 24.4 Å². The van der Waals surface area contributed by atoms with Crippen molar-refractivity contribution in [3.63, 3.8) is 0 Å². The number of rotatable bonds is 7. The van der Waals surface area contributed by atoms with Crippen molar-refractivity contribution in [2.45, 2.75) is 18.9 Å². The van der Waals surface area contributed by atoms with Crippen LogP contribution in [0.4, 0.5) is 0 Å². The van der Waals surface area contributed by atoms with Crippen LogP contribution >= 0.6 is 0 Å². The van der Waals surface area contributed by atoms with Gasteiger partial charge in [-0.25, -0.2) is 0 Å². The lowest BCUT2D eigenvalue weighted by Crippen LogP contribution is -2.38. The monoisotopic (exact) mass is 272 g/mol. The van der Waals surface area contributed by atoms with E-state index in [9.17, 15) is 8.42 Å². The number of nitrogens with one attached hydrogen (secondary N) is 1. The smallest absolute Gasteiger partial charge is 0.279 e. The maximum Gasteiger partial charge on any atom is 0.279 e. The number of aliphatic hydroxyl groups is 1. The summed E-state index contributed by atoms with van der Waals surface area (Å²) in [5, 5.41) is 8.88. The molecule has 0 saturated carbocycles. The van der Waals surface area contributed by atoms with Crippen molar-refractivity contribution in [1.82, 2.24) is 9.03 Å². The normalized spacial score (nSPS) is 13.8. The Balaban J connectivity index is 2.86. The summed E-state index contributed by atoms with van der Waals surface area (Å²) in [6, 6.07) is 9.05. The lowest BCUT2D eigenvalue weighted by molar-refractivity contribution is 0.278. The Morgan fingerprint density at radius 2 is 1.89 bits per heavy atom. The van der Waals surface area contributed by atoms with E-state index < -0.39 is 10.2 Å². The molecule has 0 radical (unpaired) electrons. The summed E-state index contributed by atoms with van der Waals surface area (Å²) in [5.74, 6) is 0. The molecule has 0 aromatic heterocycles. The molecule has 0 spiro atoms. The first-order valence-electron chi connectivity index (χ1n) is 5.83. The molecule has 0 saturated heterocycles. The van der Waals surface area contributed by atoms with Gasteiger partial charge in [0.1, 0.15) is 0 Å². The van der Waals surface area contributed by atoms with Crippen LogP contribution in [0.15, 0.2) is 30.3 Å². The third-order valence-electron chi connectivity index (χ3n) is 2.62. The second kappa shape index (κ2) is 6.84. The summed E-state index contributed by atoms with van der Waals surface area (Å²) in [6.07, 6.45) is 1.11. The van der Waals surface area contributed by atoms with Gasteiger partial charge in [-0.15, -0.1) is 0 Å². The van der Waals surface area contributed by atoms with Crippen LogP contribution in [0, 0.1) is 0 Å². The predicted molar refractivity (Wildman–Crippen MR) is 71.2 cm³/mol. The van der Waals surface area contributed by atoms with Crippen molar-refractivity contribution in [3.05, 3.63) is 35.9 Å². The molecule has 1 aromatic rings. The molecule has 102 valence electrons. The fraction of sp³-hybridized carbons (Fsp3) is 0.500. The average Bonchev–Trinajstić information content (AvgIpc) is 2.35. The zero-order valence-corrected chi connectivity index (χ0v) is 11.5. The standard InChI is InChI=1S/C12H20N2O3S/c1-14(2)18(16,17)13-12(9-6-10-15)11-7-4-3-5-8-11/h3-5,7-8,12-13,15H,6,9-10H2,1-2H3/t12-/m0/s1. The quantitative estimate of drug-likeness (QED) is 0.774. The summed E-state index contributed by atoms with van der Waals surface area (Å²) in [4.78, 5) is 0. The van der Waals surface area contributed by atoms with Gasteiger partial charge in [-0.2, -0.15) is 17.4 Å². The minimum atomic E-state index is -3.47. The Kier molecular flexibility index (Phi) is 5.74. The third-order valence-corrected chi connectivity index (χ3v) is 4.17. The number of hydrogen-bond donors (Lipinski definition) is 2. The van der Waals surface area contributed by atoms with E-state index in [-0.39, 0.29) is 12.6 Å². The largest absolute Gasteiger partial charge is 0.396 e. The van der Waals surface area contributed by atoms with Gasteiger partial charge in [0.25, 0.3) is 10.2 Å². The highest BCUT2D eigenvalue weighted by Crippen LogP contribution is 2.19. The minimum absolute atomic E-state index is 0.0486. The first-order chi connectivity index (χ1) is 8.47. The molecule has 1 aromatic carbocycles. The zero-order chi connectivity index (χ0) is 13.6. The van der Waals surface area contributed by atoms with E-state index in [2.05, 4.69) is 4.72 Å². The van der Waals surface area contributed by atoms with Crippen molar-refractivity contribution in [2.24, 2.45) is 0 Å². The fourth-order valence-electron chi connectivity index (χ4n) is 1.56. The van der Waals surface area contributed by atoms with Crippen LogP contribution in [0.3, 0.4) is 0 Å². The highest BCUT2D eigenvalue weighted by molar-refractivity contribution is 7.87. The summed E-state index contributed by atoms with van der Waals surface area (Å²) in [6.45, 7) is 0.0486. The van der Waals surface area contributed by atoms with Gasteiger partial charge in [0, 0.05) is 26.7 Å². The van der Waals surface area contributed by atoms with Crippen molar-refractivity contribution < 1.29 is 13.5 Å². The summed E-state index contributed by atoms with van der Waals surface area (Å²) < 4.78 is 27.4. The molecule has 0 unspecified atom stereocenters. The molecule has 0 fully saturated rings. The van der Waals surface area contributed by atoms with Crippen LogP contribution in [-0.2, 0) is 10.2 Å². The molecule has 5 nitrogen and oxygen atoms in total. The SMILES string of the molecule is CN(C)S(=O)(=O)N[C@@H](CCCO)c1ccccc1. The number of hydrogen-bond acceptors (Lipinski definition) is 3. The van der Waals surface area contributed by atoms with Gasteiger partial charge in [-0.05, 0) is 18.4 Å². The van der Waals surface area contributed by atoms with Crippen LogP contribution in [0.2, 0.25) is 0 Å². The van der Waals surface area contributed by atoms with Gasteiger partial charge >= 0.3 is 0 Å². The first kappa shape index (κ1) is 15.1. The van der Waals surface area contributed by atoms with Gasteiger partial charge in [0.2, 0.25) is 0 Å². The molecule has 0 heterocycles. The van der Waals surface area contributed by atoms with Gasteiger partial charge in [-0.1, -0.05) is 30.3 Å². The molecule has 0 amide bonds. The number of nitrogens with zero attached hydrogens (tertiary/aromatic N) is 1. The summed E-state index contributed by atoms with van der Waals surface area (Å²) in [5.41, 5.74) is 0.899. The third kappa shape index (κ3) is 4.38. The van der Waals surface area contributed by atoms with E-state index in [1.807, 2.05) is 30.3 Å². The molecule has 18 heavy (non-hydrogen) atoms. The molecular formula is C12H20N2O3S. The molecule has 0 aliphatic carbocycles. The van der Waals surface area contributed by atoms with E-state index in [0.717, 1.165) is 9.87 Å².